The number of benzene rings is 7. The van der Waals surface area contributed by atoms with Crippen molar-refractivity contribution in [2.45, 2.75) is 50.5 Å². The van der Waals surface area contributed by atoms with Gasteiger partial charge in [-0.05, 0) is 112 Å². The molecule has 6 heteroatoms. The van der Waals surface area contributed by atoms with E-state index in [9.17, 15) is 0 Å². The molecule has 0 saturated heterocycles. The number of hydrogen-bond acceptors (Lipinski definition) is 6. The molecule has 0 N–H and O–H groups in total. The Labute approximate surface area is 392 Å². The van der Waals surface area contributed by atoms with Gasteiger partial charge in [0.15, 0.2) is 17.5 Å². The van der Waals surface area contributed by atoms with Crippen molar-refractivity contribution in [2.24, 2.45) is 0 Å². The molecule has 0 bridgehead atoms. The molecule has 67 heavy (non-hydrogen) atoms. The van der Waals surface area contributed by atoms with Gasteiger partial charge in [0.2, 0.25) is 0 Å². The molecule has 0 spiro atoms. The van der Waals surface area contributed by atoms with Gasteiger partial charge in [0.05, 0.1) is 0 Å². The number of rotatable bonds is 6. The van der Waals surface area contributed by atoms with Crippen LogP contribution >= 0.6 is 11.3 Å². The Kier molecular flexibility index (Phi) is 8.75. The third kappa shape index (κ3) is 6.16. The second-order valence-corrected chi connectivity index (χ2v) is 19.5. The number of furan rings is 1. The number of aryl methyl sites for hydroxylation is 1. The van der Waals surface area contributed by atoms with Gasteiger partial charge in [-0.3, -0.25) is 0 Å². The average Bonchev–Trinajstić information content (AvgIpc) is 4.08. The second kappa shape index (κ2) is 15.2. The third-order valence-electron chi connectivity index (χ3n) is 14.7. The number of thiophene rings is 1. The number of allylic oxidation sites excluding steroid dienone is 3. The molecule has 3 atom stereocenters. The van der Waals surface area contributed by atoms with Crippen LogP contribution in [0.3, 0.4) is 0 Å². The first-order valence-electron chi connectivity index (χ1n) is 23.5. The number of aromatic nitrogens is 3. The van der Waals surface area contributed by atoms with Crippen molar-refractivity contribution < 1.29 is 9.15 Å². The lowest BCUT2D eigenvalue weighted by molar-refractivity contribution is 0.281. The fourth-order valence-corrected chi connectivity index (χ4v) is 12.7. The molecule has 0 amide bonds. The van der Waals surface area contributed by atoms with Crippen LogP contribution in [0.1, 0.15) is 70.1 Å². The number of fused-ring (bicyclic) bond motifs is 12. The van der Waals surface area contributed by atoms with Crippen molar-refractivity contribution in [1.29, 1.82) is 0 Å². The van der Waals surface area contributed by atoms with Crippen molar-refractivity contribution >= 4 is 60.6 Å². The Hall–Kier alpha value is -7.67. The molecular formula is C61H43N3O2S. The average molecular weight is 882 g/mol. The van der Waals surface area contributed by atoms with E-state index < -0.39 is 0 Å². The molecule has 10 aromatic rings. The molecular weight excluding hydrogens is 839 g/mol. The number of para-hydroxylation sites is 1. The highest BCUT2D eigenvalue weighted by atomic mass is 32.1. The molecule has 4 heterocycles. The molecule has 3 unspecified atom stereocenters. The van der Waals surface area contributed by atoms with Gasteiger partial charge in [0.1, 0.15) is 23.0 Å². The van der Waals surface area contributed by atoms with Crippen LogP contribution in [-0.2, 0) is 12.8 Å². The zero-order valence-corrected chi connectivity index (χ0v) is 37.7. The minimum Gasteiger partial charge on any atom is -0.485 e. The van der Waals surface area contributed by atoms with Gasteiger partial charge < -0.3 is 9.15 Å². The van der Waals surface area contributed by atoms with Crippen LogP contribution in [0.5, 0.6) is 5.75 Å². The Bertz CT molecular complexity index is 3780. The molecule has 4 aliphatic rings. The Morgan fingerprint density at radius 1 is 0.627 bits per heavy atom. The van der Waals surface area contributed by atoms with Crippen LogP contribution in [-0.4, -0.2) is 21.1 Å². The van der Waals surface area contributed by atoms with E-state index in [1.807, 2.05) is 17.4 Å². The normalized spacial score (nSPS) is 17.9. The smallest absolute Gasteiger partial charge is 0.164 e. The Balaban J connectivity index is 0.937. The maximum absolute atomic E-state index is 6.70. The number of ether oxygens (including phenoxy) is 1. The Morgan fingerprint density at radius 3 is 2.25 bits per heavy atom. The van der Waals surface area contributed by atoms with E-state index in [4.69, 9.17) is 24.1 Å². The standard InChI is InChI=1S/C61H43N3O2S/c1-35-39-20-11-21-40(56(39)44-18-6-5-16-41(44)48(35)32-36-14-3-2-4-15-36)37-29-31-51-49(33-37)57-46(22-12-25-52(57)65-51)60-62-59(38-28-30-43-42-17-7-9-24-50(42)66-53(43)34-38)63-61(64-60)47-23-13-27-55-58(47)45-19-8-10-26-54(45)67-55/h2-7,9-18,20-31,33,35,48,53H,8,19,32,34H2,1H3. The molecule has 14 rings (SSSR count). The first-order valence-corrected chi connectivity index (χ1v) is 24.3. The lowest BCUT2D eigenvalue weighted by atomic mass is 9.69. The molecule has 3 aromatic heterocycles. The predicted molar refractivity (Wildman–Crippen MR) is 274 cm³/mol. The van der Waals surface area contributed by atoms with Gasteiger partial charge in [-0.25, -0.2) is 15.0 Å². The second-order valence-electron chi connectivity index (χ2n) is 18.4. The fourth-order valence-electron chi connectivity index (χ4n) is 11.5. The highest BCUT2D eigenvalue weighted by Crippen LogP contribution is 2.52. The molecule has 0 radical (unpaired) electrons. The summed E-state index contributed by atoms with van der Waals surface area (Å²) in [6.45, 7) is 2.41. The summed E-state index contributed by atoms with van der Waals surface area (Å²) in [4.78, 5) is 17.5. The summed E-state index contributed by atoms with van der Waals surface area (Å²) in [6, 6.07) is 54.7. The highest BCUT2D eigenvalue weighted by molar-refractivity contribution is 7.20. The molecule has 7 aromatic carbocycles. The molecule has 320 valence electrons. The zero-order chi connectivity index (χ0) is 44.2. The monoisotopic (exact) mass is 881 g/mol. The maximum atomic E-state index is 6.70. The molecule has 3 aliphatic carbocycles. The van der Waals surface area contributed by atoms with Crippen LogP contribution in [0.25, 0.3) is 94.3 Å². The predicted octanol–water partition coefficient (Wildman–Crippen LogP) is 15.7. The lowest BCUT2D eigenvalue weighted by Gasteiger charge is -2.35. The summed E-state index contributed by atoms with van der Waals surface area (Å²) in [5.41, 5.74) is 17.5. The van der Waals surface area contributed by atoms with Gasteiger partial charge in [0, 0.05) is 60.0 Å². The third-order valence-corrected chi connectivity index (χ3v) is 15.9. The first kappa shape index (κ1) is 38.6. The number of hydrogen-bond donors (Lipinski definition) is 0. The summed E-state index contributed by atoms with van der Waals surface area (Å²) in [6.07, 6.45) is 12.5. The van der Waals surface area contributed by atoms with Gasteiger partial charge in [-0.1, -0.05) is 146 Å². The summed E-state index contributed by atoms with van der Waals surface area (Å²) in [5.74, 6) is 3.59. The Morgan fingerprint density at radius 2 is 1.36 bits per heavy atom. The van der Waals surface area contributed by atoms with E-state index in [2.05, 4.69) is 177 Å². The van der Waals surface area contributed by atoms with Crippen LogP contribution in [0.4, 0.5) is 0 Å². The zero-order valence-electron chi connectivity index (χ0n) is 36.9. The van der Waals surface area contributed by atoms with E-state index >= 15 is 0 Å². The topological polar surface area (TPSA) is 61.0 Å². The molecule has 0 saturated carbocycles. The van der Waals surface area contributed by atoms with Crippen molar-refractivity contribution in [3.05, 3.63) is 208 Å². The SMILES string of the molecule is CC1c2cccc(-c3ccc4oc5cccc(-c6nc(C7=CC=C8c9ccccc9OC8C7)nc(-c7cccc8sc9c(c78)CCC=C9)n6)c5c4c3)c2-c2ccccc2C1Cc1ccccc1. The summed E-state index contributed by atoms with van der Waals surface area (Å²) < 4.78 is 14.5. The lowest BCUT2D eigenvalue weighted by Crippen LogP contribution is -2.18. The highest BCUT2D eigenvalue weighted by Gasteiger charge is 2.34. The minimum absolute atomic E-state index is 0.103. The van der Waals surface area contributed by atoms with Crippen LogP contribution in [0.15, 0.2) is 174 Å². The van der Waals surface area contributed by atoms with Crippen LogP contribution in [0, 0.1) is 0 Å². The van der Waals surface area contributed by atoms with E-state index in [0.29, 0.717) is 35.7 Å². The molecule has 1 aliphatic heterocycles. The largest absolute Gasteiger partial charge is 0.485 e. The van der Waals surface area contributed by atoms with E-state index in [1.165, 1.54) is 59.5 Å². The summed E-state index contributed by atoms with van der Waals surface area (Å²) >= 11 is 1.85. The van der Waals surface area contributed by atoms with E-state index in [-0.39, 0.29) is 6.10 Å². The van der Waals surface area contributed by atoms with Crippen molar-refractivity contribution in [1.82, 2.24) is 15.0 Å². The van der Waals surface area contributed by atoms with Crippen molar-refractivity contribution in [3.63, 3.8) is 0 Å². The fraction of sp³-hybridized carbons (Fsp3) is 0.131. The first-order chi connectivity index (χ1) is 33.1. The van der Waals surface area contributed by atoms with Crippen LogP contribution < -0.4 is 4.74 Å². The van der Waals surface area contributed by atoms with E-state index in [1.54, 1.807) is 0 Å². The number of nitrogens with zero attached hydrogens (tertiary/aromatic N) is 3. The molecule has 0 fully saturated rings. The molecule has 5 nitrogen and oxygen atoms in total. The maximum Gasteiger partial charge on any atom is 0.164 e. The van der Waals surface area contributed by atoms with Crippen molar-refractivity contribution in [2.75, 3.05) is 0 Å². The van der Waals surface area contributed by atoms with Gasteiger partial charge in [0.25, 0.3) is 0 Å². The van der Waals surface area contributed by atoms with Crippen molar-refractivity contribution in [3.8, 4) is 50.8 Å². The van der Waals surface area contributed by atoms with Gasteiger partial charge in [-0.15, -0.1) is 11.3 Å². The minimum atomic E-state index is -0.103. The summed E-state index contributed by atoms with van der Waals surface area (Å²) in [5, 5.41) is 3.27. The van der Waals surface area contributed by atoms with E-state index in [0.717, 1.165) is 74.8 Å². The quantitative estimate of drug-likeness (QED) is 0.166. The summed E-state index contributed by atoms with van der Waals surface area (Å²) in [7, 11) is 0. The van der Waals surface area contributed by atoms with Crippen LogP contribution in [0.2, 0.25) is 0 Å². The van der Waals surface area contributed by atoms with Gasteiger partial charge >= 0.3 is 0 Å². The van der Waals surface area contributed by atoms with Gasteiger partial charge in [-0.2, -0.15) is 0 Å².